The Morgan fingerprint density at radius 1 is 1.08 bits per heavy atom. The van der Waals surface area contributed by atoms with Crippen LogP contribution >= 0.6 is 34.5 Å². The standard InChI is InChI=1S/C26H21Cl2NO6S/c1-4-33-25(31)22-14(3)24(26(32)34-5-2)36-21(22)12-19(30)15(13-29)11-16-9-10-20(35-16)17-7-6-8-18(27)23(17)28/h6-11H,4-5,12H2,1-3H3/b15-11+. The molecule has 0 atom stereocenters. The molecule has 7 nitrogen and oxygen atoms in total. The molecule has 2 aromatic heterocycles. The molecular weight excluding hydrogens is 525 g/mol. The number of carbonyl (C=O) groups excluding carboxylic acids is 3. The largest absolute Gasteiger partial charge is 0.462 e. The Labute approximate surface area is 221 Å². The summed E-state index contributed by atoms with van der Waals surface area (Å²) in [6, 6.07) is 10.2. The van der Waals surface area contributed by atoms with Crippen molar-refractivity contribution in [3.8, 4) is 17.4 Å². The van der Waals surface area contributed by atoms with Gasteiger partial charge in [-0.25, -0.2) is 9.59 Å². The van der Waals surface area contributed by atoms with Gasteiger partial charge < -0.3 is 13.9 Å². The minimum atomic E-state index is -0.652. The highest BCUT2D eigenvalue weighted by Crippen LogP contribution is 2.35. The highest BCUT2D eigenvalue weighted by atomic mass is 35.5. The van der Waals surface area contributed by atoms with Crippen molar-refractivity contribution in [3.05, 3.63) is 72.6 Å². The van der Waals surface area contributed by atoms with Crippen molar-refractivity contribution >= 4 is 58.3 Å². The summed E-state index contributed by atoms with van der Waals surface area (Å²) < 4.78 is 15.9. The van der Waals surface area contributed by atoms with Gasteiger partial charge in [0.05, 0.1) is 34.4 Å². The maximum absolute atomic E-state index is 13.0. The molecule has 0 aliphatic heterocycles. The van der Waals surface area contributed by atoms with Crippen LogP contribution in [0.4, 0.5) is 0 Å². The number of nitrogens with zero attached hydrogens (tertiary/aromatic N) is 1. The van der Waals surface area contributed by atoms with Gasteiger partial charge >= 0.3 is 11.9 Å². The Morgan fingerprint density at radius 2 is 1.78 bits per heavy atom. The molecule has 0 aliphatic rings. The van der Waals surface area contributed by atoms with Gasteiger partial charge in [0.2, 0.25) is 0 Å². The van der Waals surface area contributed by atoms with E-state index in [0.29, 0.717) is 31.8 Å². The predicted octanol–water partition coefficient (Wildman–Crippen LogP) is 6.70. The number of benzene rings is 1. The molecule has 0 amide bonds. The number of ether oxygens (including phenoxy) is 2. The molecule has 10 heteroatoms. The third-order valence-corrected chi connectivity index (χ3v) is 7.12. The van der Waals surface area contributed by atoms with Gasteiger partial charge in [-0.15, -0.1) is 11.3 Å². The van der Waals surface area contributed by atoms with Crippen LogP contribution in [0, 0.1) is 18.3 Å². The molecular formula is C26H21Cl2NO6S. The fourth-order valence-electron chi connectivity index (χ4n) is 3.39. The second-order valence-electron chi connectivity index (χ2n) is 7.37. The molecule has 0 radical (unpaired) electrons. The van der Waals surface area contributed by atoms with Gasteiger partial charge in [-0.3, -0.25) is 4.79 Å². The van der Waals surface area contributed by atoms with Crippen LogP contribution in [0.5, 0.6) is 0 Å². The van der Waals surface area contributed by atoms with Gasteiger partial charge in [-0.05, 0) is 50.6 Å². The predicted molar refractivity (Wildman–Crippen MR) is 137 cm³/mol. The van der Waals surface area contributed by atoms with Gasteiger partial charge in [-0.1, -0.05) is 29.3 Å². The lowest BCUT2D eigenvalue weighted by atomic mass is 10.0. The minimum absolute atomic E-state index is 0.122. The van der Waals surface area contributed by atoms with E-state index in [0.717, 1.165) is 11.3 Å². The Morgan fingerprint density at radius 3 is 2.44 bits per heavy atom. The van der Waals surface area contributed by atoms with Crippen LogP contribution in [-0.2, 0) is 20.7 Å². The summed E-state index contributed by atoms with van der Waals surface area (Å²) in [5.41, 5.74) is 0.877. The number of halogens is 2. The lowest BCUT2D eigenvalue weighted by Crippen LogP contribution is -2.12. The van der Waals surface area contributed by atoms with Gasteiger partial charge in [0.1, 0.15) is 22.5 Å². The maximum Gasteiger partial charge on any atom is 0.348 e. The van der Waals surface area contributed by atoms with E-state index in [2.05, 4.69) is 0 Å². The van der Waals surface area contributed by atoms with Crippen molar-refractivity contribution in [1.82, 2.24) is 0 Å². The first-order valence-corrected chi connectivity index (χ1v) is 12.4. The van der Waals surface area contributed by atoms with Crippen LogP contribution in [0.15, 0.2) is 40.3 Å². The number of hydrogen-bond donors (Lipinski definition) is 0. The molecule has 0 aliphatic carbocycles. The van der Waals surface area contributed by atoms with E-state index in [1.807, 2.05) is 6.07 Å². The van der Waals surface area contributed by atoms with Crippen LogP contribution < -0.4 is 0 Å². The summed E-state index contributed by atoms with van der Waals surface area (Å²) in [6.07, 6.45) is 1.02. The molecule has 2 heterocycles. The topological polar surface area (TPSA) is 107 Å². The smallest absolute Gasteiger partial charge is 0.348 e. The molecule has 36 heavy (non-hydrogen) atoms. The number of nitriles is 1. The fraction of sp³-hybridized carbons (Fsp3) is 0.231. The number of carbonyl (C=O) groups is 3. The lowest BCUT2D eigenvalue weighted by Gasteiger charge is -2.05. The fourth-order valence-corrected chi connectivity index (χ4v) is 4.97. The van der Waals surface area contributed by atoms with E-state index in [4.69, 9.17) is 37.1 Å². The van der Waals surface area contributed by atoms with Crippen LogP contribution in [-0.4, -0.2) is 30.9 Å². The van der Waals surface area contributed by atoms with E-state index in [9.17, 15) is 19.6 Å². The average molecular weight is 546 g/mol. The number of ketones is 1. The average Bonchev–Trinajstić information content (AvgIpc) is 3.43. The first kappa shape index (κ1) is 27.2. The van der Waals surface area contributed by atoms with E-state index in [1.165, 1.54) is 6.08 Å². The molecule has 0 spiro atoms. The van der Waals surface area contributed by atoms with Crippen LogP contribution in [0.3, 0.4) is 0 Å². The summed E-state index contributed by atoms with van der Waals surface area (Å²) >= 11 is 13.3. The molecule has 186 valence electrons. The van der Waals surface area contributed by atoms with Crippen LogP contribution in [0.2, 0.25) is 10.0 Å². The Balaban J connectivity index is 1.92. The van der Waals surface area contributed by atoms with Gasteiger partial charge in [0.15, 0.2) is 5.78 Å². The first-order chi connectivity index (χ1) is 17.2. The number of Topliss-reactive ketones (excluding diaryl/α,β-unsaturated/α-hetero) is 1. The van der Waals surface area contributed by atoms with Crippen molar-refractivity contribution in [2.45, 2.75) is 27.2 Å². The zero-order chi connectivity index (χ0) is 26.4. The number of rotatable bonds is 9. The summed E-state index contributed by atoms with van der Waals surface area (Å²) in [6.45, 7) is 5.20. The van der Waals surface area contributed by atoms with Gasteiger partial charge in [0, 0.05) is 22.9 Å². The molecule has 1 aromatic carbocycles. The maximum atomic E-state index is 13.0. The normalized spacial score (nSPS) is 11.2. The third-order valence-electron chi connectivity index (χ3n) is 5.03. The van der Waals surface area contributed by atoms with Crippen molar-refractivity contribution in [2.75, 3.05) is 13.2 Å². The molecule has 3 aromatic rings. The molecule has 0 fully saturated rings. The second-order valence-corrected chi connectivity index (χ2v) is 9.26. The van der Waals surface area contributed by atoms with E-state index < -0.39 is 17.7 Å². The number of hydrogen-bond acceptors (Lipinski definition) is 8. The summed E-state index contributed by atoms with van der Waals surface area (Å²) in [5.74, 6) is -1.13. The number of furan rings is 1. The molecule has 0 unspecified atom stereocenters. The zero-order valence-electron chi connectivity index (χ0n) is 19.6. The van der Waals surface area contributed by atoms with Crippen LogP contribution in [0.1, 0.15) is 50.1 Å². The zero-order valence-corrected chi connectivity index (χ0v) is 22.0. The third kappa shape index (κ3) is 5.88. The monoisotopic (exact) mass is 545 g/mol. The Bertz CT molecular complexity index is 1400. The molecule has 0 saturated heterocycles. The van der Waals surface area contributed by atoms with E-state index >= 15 is 0 Å². The highest BCUT2D eigenvalue weighted by molar-refractivity contribution is 7.14. The summed E-state index contributed by atoms with van der Waals surface area (Å²) in [7, 11) is 0. The number of esters is 2. The lowest BCUT2D eigenvalue weighted by molar-refractivity contribution is -0.114. The second kappa shape index (κ2) is 12.0. The molecule has 0 saturated carbocycles. The molecule has 0 N–H and O–H groups in total. The highest BCUT2D eigenvalue weighted by Gasteiger charge is 2.28. The van der Waals surface area contributed by atoms with Crippen molar-refractivity contribution < 1.29 is 28.3 Å². The van der Waals surface area contributed by atoms with Crippen molar-refractivity contribution in [2.24, 2.45) is 0 Å². The number of allylic oxidation sites excluding steroid dienone is 1. The summed E-state index contributed by atoms with van der Waals surface area (Å²) in [4.78, 5) is 38.5. The molecule has 0 bridgehead atoms. The quantitative estimate of drug-likeness (QED) is 0.167. The first-order valence-electron chi connectivity index (χ1n) is 10.9. The van der Waals surface area contributed by atoms with Gasteiger partial charge in [0.25, 0.3) is 0 Å². The van der Waals surface area contributed by atoms with E-state index in [-0.39, 0.29) is 41.4 Å². The van der Waals surface area contributed by atoms with Crippen molar-refractivity contribution in [3.63, 3.8) is 0 Å². The number of thiophene rings is 1. The van der Waals surface area contributed by atoms with Crippen LogP contribution in [0.25, 0.3) is 17.4 Å². The molecule has 3 rings (SSSR count). The summed E-state index contributed by atoms with van der Waals surface area (Å²) in [5, 5.41) is 10.3. The Hall–Kier alpha value is -3.38. The SMILES string of the molecule is CCOC(=O)c1sc(CC(=O)/C(C#N)=C/c2ccc(-c3cccc(Cl)c3Cl)o2)c(C(=O)OCC)c1C. The van der Waals surface area contributed by atoms with Gasteiger partial charge in [-0.2, -0.15) is 5.26 Å². The van der Waals surface area contributed by atoms with Crippen molar-refractivity contribution in [1.29, 1.82) is 5.26 Å². The Kier molecular flexibility index (Phi) is 9.10. The van der Waals surface area contributed by atoms with E-state index in [1.54, 1.807) is 51.1 Å². The minimum Gasteiger partial charge on any atom is -0.462 e.